The molecule has 0 aromatic heterocycles. The first-order chi connectivity index (χ1) is 8.24. The second kappa shape index (κ2) is 6.69. The van der Waals surface area contributed by atoms with Crippen molar-refractivity contribution in [3.8, 4) is 0 Å². The highest BCUT2D eigenvalue weighted by Gasteiger charge is 1.97. The zero-order valence-corrected chi connectivity index (χ0v) is 12.5. The van der Waals surface area contributed by atoms with Gasteiger partial charge in [0.1, 0.15) is 0 Å². The first kappa shape index (κ1) is 13.3. The predicted octanol–water partition coefficient (Wildman–Crippen LogP) is 5.11. The van der Waals surface area contributed by atoms with E-state index in [2.05, 4.69) is 49.5 Å². The van der Waals surface area contributed by atoms with E-state index in [9.17, 15) is 0 Å². The summed E-state index contributed by atoms with van der Waals surface area (Å²) in [7, 11) is 0. The van der Waals surface area contributed by atoms with Crippen LogP contribution < -0.4 is 0 Å². The lowest BCUT2D eigenvalue weighted by molar-refractivity contribution is 1.34. The van der Waals surface area contributed by atoms with Gasteiger partial charge in [-0.2, -0.15) is 0 Å². The van der Waals surface area contributed by atoms with E-state index in [0.717, 1.165) is 14.9 Å². The fourth-order valence-electron chi connectivity index (χ4n) is 1.31. The van der Waals surface area contributed by atoms with Gasteiger partial charge in [-0.25, -0.2) is 0 Å². The molecular formula is C13H12S4. The number of thioether (sulfide) groups is 2. The van der Waals surface area contributed by atoms with Gasteiger partial charge >= 0.3 is 0 Å². The van der Waals surface area contributed by atoms with Crippen LogP contribution in [0.3, 0.4) is 0 Å². The molecule has 0 unspecified atom stereocenters. The van der Waals surface area contributed by atoms with Crippen molar-refractivity contribution >= 4 is 48.8 Å². The Labute approximate surface area is 121 Å². The highest BCUT2D eigenvalue weighted by Crippen LogP contribution is 2.29. The van der Waals surface area contributed by atoms with Crippen molar-refractivity contribution in [2.45, 2.75) is 19.6 Å². The Morgan fingerprint density at radius 2 is 1.24 bits per heavy atom. The summed E-state index contributed by atoms with van der Waals surface area (Å²) in [5, 5.41) is 0.995. The molecule has 0 aliphatic carbocycles. The normalized spacial score (nSPS) is 10.5. The zero-order valence-electron chi connectivity index (χ0n) is 9.04. The van der Waals surface area contributed by atoms with Gasteiger partial charge in [0.05, 0.1) is 0 Å². The molecule has 2 aromatic rings. The highest BCUT2D eigenvalue weighted by atomic mass is 32.2. The molecule has 17 heavy (non-hydrogen) atoms. The maximum absolute atomic E-state index is 4.33. The third-order valence-electron chi connectivity index (χ3n) is 2.09. The van der Waals surface area contributed by atoms with Crippen molar-refractivity contribution in [2.24, 2.45) is 0 Å². The average Bonchev–Trinajstić information content (AvgIpc) is 2.29. The Balaban J connectivity index is 1.87. The van der Waals surface area contributed by atoms with Gasteiger partial charge in [-0.3, -0.25) is 0 Å². The zero-order chi connectivity index (χ0) is 12.1. The molecule has 0 atom stereocenters. The largest absolute Gasteiger partial charge is 0.143 e. The molecule has 0 aliphatic heterocycles. The summed E-state index contributed by atoms with van der Waals surface area (Å²) in [6.07, 6.45) is 0. The Bertz CT molecular complexity index is 451. The molecule has 2 aromatic carbocycles. The van der Waals surface area contributed by atoms with Crippen molar-refractivity contribution in [1.29, 1.82) is 0 Å². The van der Waals surface area contributed by atoms with Crippen molar-refractivity contribution in [1.82, 2.24) is 0 Å². The Hall–Kier alpha value is -0.160. The molecule has 4 heteroatoms. The molecule has 0 fully saturated rings. The maximum atomic E-state index is 4.33. The van der Waals surface area contributed by atoms with Crippen LogP contribution in [0.1, 0.15) is 0 Å². The Kier molecular flexibility index (Phi) is 5.22. The summed E-state index contributed by atoms with van der Waals surface area (Å²) >= 11 is 12.3. The molecule has 0 heterocycles. The minimum Gasteiger partial charge on any atom is -0.143 e. The van der Waals surface area contributed by atoms with Gasteiger partial charge in [0, 0.05) is 24.7 Å². The Morgan fingerprint density at radius 3 is 1.65 bits per heavy atom. The van der Waals surface area contributed by atoms with Crippen molar-refractivity contribution in [3.05, 3.63) is 48.5 Å². The third-order valence-corrected chi connectivity index (χ3v) is 4.76. The van der Waals surface area contributed by atoms with Gasteiger partial charge in [-0.1, -0.05) is 12.1 Å². The molecule has 0 spiro atoms. The van der Waals surface area contributed by atoms with E-state index in [1.54, 1.807) is 0 Å². The second-order valence-electron chi connectivity index (χ2n) is 3.40. The number of rotatable bonds is 4. The SMILES string of the molecule is Sc1cccc(SCSc2cccc(S)c2)c1. The molecule has 0 N–H and O–H groups in total. The molecule has 0 radical (unpaired) electrons. The van der Waals surface area contributed by atoms with E-state index in [-0.39, 0.29) is 0 Å². The lowest BCUT2D eigenvalue weighted by atomic mass is 10.4. The van der Waals surface area contributed by atoms with Crippen LogP contribution in [-0.4, -0.2) is 5.08 Å². The fraction of sp³-hybridized carbons (Fsp3) is 0.0769. The average molecular weight is 297 g/mol. The van der Waals surface area contributed by atoms with Crippen LogP contribution in [0.25, 0.3) is 0 Å². The van der Waals surface area contributed by atoms with E-state index in [1.165, 1.54) is 9.79 Å². The standard InChI is InChI=1S/C13H12S4/c14-10-3-1-5-12(7-10)16-9-17-13-6-2-4-11(15)8-13/h1-8,14-15H,9H2. The Morgan fingerprint density at radius 1 is 0.765 bits per heavy atom. The first-order valence-corrected chi connectivity index (χ1v) is 7.94. The second-order valence-corrected chi connectivity index (χ2v) is 6.90. The molecular weight excluding hydrogens is 284 g/mol. The first-order valence-electron chi connectivity index (χ1n) is 5.08. The minimum atomic E-state index is 0.995. The van der Waals surface area contributed by atoms with Gasteiger partial charge in [-0.15, -0.1) is 48.8 Å². The predicted molar refractivity (Wildman–Crippen MR) is 84.0 cm³/mol. The van der Waals surface area contributed by atoms with Gasteiger partial charge in [0.15, 0.2) is 0 Å². The van der Waals surface area contributed by atoms with Crippen LogP contribution in [0.4, 0.5) is 0 Å². The third kappa shape index (κ3) is 4.54. The van der Waals surface area contributed by atoms with Gasteiger partial charge in [-0.05, 0) is 36.4 Å². The monoisotopic (exact) mass is 296 g/mol. The van der Waals surface area contributed by atoms with Crippen LogP contribution in [0, 0.1) is 0 Å². The molecule has 88 valence electrons. The summed E-state index contributed by atoms with van der Waals surface area (Å²) in [6, 6.07) is 16.4. The lowest BCUT2D eigenvalue weighted by Gasteiger charge is -2.03. The minimum absolute atomic E-state index is 0.995. The van der Waals surface area contributed by atoms with E-state index in [4.69, 9.17) is 0 Å². The van der Waals surface area contributed by atoms with Crippen LogP contribution in [0.15, 0.2) is 68.1 Å². The van der Waals surface area contributed by atoms with Crippen molar-refractivity contribution < 1.29 is 0 Å². The molecule has 0 bridgehead atoms. The molecule has 0 amide bonds. The molecule has 0 nitrogen and oxygen atoms in total. The topological polar surface area (TPSA) is 0 Å². The van der Waals surface area contributed by atoms with E-state index in [0.29, 0.717) is 0 Å². The van der Waals surface area contributed by atoms with Gasteiger partial charge in [0.2, 0.25) is 0 Å². The summed E-state index contributed by atoms with van der Waals surface area (Å²) in [5.41, 5.74) is 0. The number of hydrogen-bond acceptors (Lipinski definition) is 4. The van der Waals surface area contributed by atoms with Gasteiger partial charge < -0.3 is 0 Å². The highest BCUT2D eigenvalue weighted by molar-refractivity contribution is 8.16. The van der Waals surface area contributed by atoms with Crippen LogP contribution in [0.5, 0.6) is 0 Å². The summed E-state index contributed by atoms with van der Waals surface area (Å²) in [6.45, 7) is 0. The lowest BCUT2D eigenvalue weighted by Crippen LogP contribution is -1.76. The van der Waals surface area contributed by atoms with Crippen LogP contribution in [0.2, 0.25) is 0 Å². The maximum Gasteiger partial charge on any atom is 0.0486 e. The quantitative estimate of drug-likeness (QED) is 0.457. The van der Waals surface area contributed by atoms with Crippen LogP contribution >= 0.6 is 48.8 Å². The molecule has 0 saturated carbocycles. The fourth-order valence-corrected chi connectivity index (χ4v) is 4.03. The van der Waals surface area contributed by atoms with E-state index in [1.807, 2.05) is 47.8 Å². The number of thiol groups is 2. The smallest absolute Gasteiger partial charge is 0.0486 e. The van der Waals surface area contributed by atoms with E-state index < -0.39 is 0 Å². The molecule has 0 aliphatic rings. The van der Waals surface area contributed by atoms with Gasteiger partial charge in [0.25, 0.3) is 0 Å². The number of hydrogen-bond donors (Lipinski definition) is 2. The molecule has 0 saturated heterocycles. The summed E-state index contributed by atoms with van der Waals surface area (Å²) in [5.74, 6) is 0. The summed E-state index contributed by atoms with van der Waals surface area (Å²) < 4.78 is 0. The van der Waals surface area contributed by atoms with E-state index >= 15 is 0 Å². The number of benzene rings is 2. The van der Waals surface area contributed by atoms with Crippen LogP contribution in [-0.2, 0) is 0 Å². The summed E-state index contributed by atoms with van der Waals surface area (Å²) in [4.78, 5) is 4.54. The van der Waals surface area contributed by atoms with Crippen molar-refractivity contribution in [2.75, 3.05) is 5.08 Å². The van der Waals surface area contributed by atoms with Crippen molar-refractivity contribution in [3.63, 3.8) is 0 Å². The molecule has 2 rings (SSSR count).